The fourth-order valence-corrected chi connectivity index (χ4v) is 1.32. The average molecular weight is 187 g/mol. The molecule has 1 aliphatic rings. The van der Waals surface area contributed by atoms with Gasteiger partial charge in [0.2, 0.25) is 0 Å². The van der Waals surface area contributed by atoms with Crippen LogP contribution in [0.15, 0.2) is 0 Å². The molecule has 13 heavy (non-hydrogen) atoms. The number of carboxylic acid groups (broad SMARTS) is 1. The fourth-order valence-electron chi connectivity index (χ4n) is 1.32. The SMILES string of the molecule is C[C@H]1C[C@@H](N(C)C(=O)O)COC1=O. The molecule has 0 bridgehead atoms. The number of amides is 1. The van der Waals surface area contributed by atoms with E-state index in [1.54, 1.807) is 6.92 Å². The molecule has 0 radical (unpaired) electrons. The predicted molar refractivity (Wildman–Crippen MR) is 44.3 cm³/mol. The number of rotatable bonds is 1. The van der Waals surface area contributed by atoms with Crippen molar-refractivity contribution in [3.63, 3.8) is 0 Å². The van der Waals surface area contributed by atoms with Crippen LogP contribution >= 0.6 is 0 Å². The highest BCUT2D eigenvalue weighted by molar-refractivity contribution is 5.73. The van der Waals surface area contributed by atoms with Crippen LogP contribution in [0.2, 0.25) is 0 Å². The second kappa shape index (κ2) is 3.64. The number of carbonyl (C=O) groups excluding carboxylic acids is 1. The van der Waals surface area contributed by atoms with Crippen molar-refractivity contribution in [1.82, 2.24) is 4.90 Å². The van der Waals surface area contributed by atoms with Crippen LogP contribution in [0.5, 0.6) is 0 Å². The van der Waals surface area contributed by atoms with Gasteiger partial charge in [-0.2, -0.15) is 0 Å². The van der Waals surface area contributed by atoms with Crippen molar-refractivity contribution < 1.29 is 19.4 Å². The molecule has 1 N–H and O–H groups in total. The third kappa shape index (κ3) is 2.11. The van der Waals surface area contributed by atoms with Crippen LogP contribution in [0.4, 0.5) is 4.79 Å². The number of hydrogen-bond acceptors (Lipinski definition) is 3. The number of hydrogen-bond donors (Lipinski definition) is 1. The molecule has 1 amide bonds. The summed E-state index contributed by atoms with van der Waals surface area (Å²) in [5.74, 6) is -0.449. The van der Waals surface area contributed by atoms with E-state index in [0.29, 0.717) is 6.42 Å². The molecule has 1 saturated heterocycles. The second-order valence-corrected chi connectivity index (χ2v) is 3.31. The highest BCUT2D eigenvalue weighted by Crippen LogP contribution is 2.18. The van der Waals surface area contributed by atoms with Crippen molar-refractivity contribution in [2.75, 3.05) is 13.7 Å². The Bertz CT molecular complexity index is 228. The summed E-state index contributed by atoms with van der Waals surface area (Å²) in [6, 6.07) is -0.204. The maximum atomic E-state index is 10.9. The molecule has 0 saturated carbocycles. The summed E-state index contributed by atoms with van der Waals surface area (Å²) in [7, 11) is 1.48. The molecule has 5 nitrogen and oxygen atoms in total. The molecule has 2 atom stereocenters. The normalized spacial score (nSPS) is 28.0. The number of carbonyl (C=O) groups is 2. The van der Waals surface area contributed by atoms with Crippen molar-refractivity contribution in [1.29, 1.82) is 0 Å². The van der Waals surface area contributed by atoms with Crippen molar-refractivity contribution in [2.24, 2.45) is 5.92 Å². The van der Waals surface area contributed by atoms with Gasteiger partial charge < -0.3 is 14.7 Å². The van der Waals surface area contributed by atoms with Gasteiger partial charge in [-0.1, -0.05) is 6.92 Å². The Morgan fingerprint density at radius 3 is 2.77 bits per heavy atom. The number of nitrogens with zero attached hydrogens (tertiary/aromatic N) is 1. The van der Waals surface area contributed by atoms with Crippen LogP contribution in [0.1, 0.15) is 13.3 Å². The Balaban J connectivity index is 2.55. The molecule has 1 fully saturated rings. The van der Waals surface area contributed by atoms with Crippen molar-refractivity contribution in [3.8, 4) is 0 Å². The van der Waals surface area contributed by atoms with Crippen LogP contribution in [0.25, 0.3) is 0 Å². The van der Waals surface area contributed by atoms with Crippen molar-refractivity contribution >= 4 is 12.1 Å². The highest BCUT2D eigenvalue weighted by atomic mass is 16.5. The predicted octanol–water partition coefficient (Wildman–Crippen LogP) is 0.548. The van der Waals surface area contributed by atoms with Crippen molar-refractivity contribution in [3.05, 3.63) is 0 Å². The minimum atomic E-state index is -0.991. The zero-order chi connectivity index (χ0) is 10.0. The van der Waals surface area contributed by atoms with E-state index in [9.17, 15) is 9.59 Å². The fraction of sp³-hybridized carbons (Fsp3) is 0.750. The van der Waals surface area contributed by atoms with Gasteiger partial charge in [-0.25, -0.2) is 4.79 Å². The summed E-state index contributed by atoms with van der Waals surface area (Å²) in [4.78, 5) is 22.7. The lowest BCUT2D eigenvalue weighted by Gasteiger charge is -2.31. The van der Waals surface area contributed by atoms with Crippen LogP contribution in [0.3, 0.4) is 0 Å². The van der Waals surface area contributed by atoms with Gasteiger partial charge in [0.05, 0.1) is 12.0 Å². The van der Waals surface area contributed by atoms with Gasteiger partial charge >= 0.3 is 12.1 Å². The van der Waals surface area contributed by atoms with E-state index in [2.05, 4.69) is 0 Å². The minimum Gasteiger partial charge on any atom is -0.465 e. The summed E-state index contributed by atoms with van der Waals surface area (Å²) in [6.07, 6.45) is -0.447. The lowest BCUT2D eigenvalue weighted by molar-refractivity contribution is -0.155. The van der Waals surface area contributed by atoms with Gasteiger partial charge in [-0.3, -0.25) is 4.79 Å². The monoisotopic (exact) mass is 187 g/mol. The van der Waals surface area contributed by atoms with Crippen LogP contribution in [-0.2, 0) is 9.53 Å². The Hall–Kier alpha value is -1.26. The first-order valence-electron chi connectivity index (χ1n) is 4.14. The molecule has 74 valence electrons. The van der Waals surface area contributed by atoms with E-state index >= 15 is 0 Å². The molecule has 0 aromatic heterocycles. The number of cyclic esters (lactones) is 1. The number of ether oxygens (including phenoxy) is 1. The highest BCUT2D eigenvalue weighted by Gasteiger charge is 2.31. The van der Waals surface area contributed by atoms with E-state index < -0.39 is 6.09 Å². The van der Waals surface area contributed by atoms with Gasteiger partial charge in [0.25, 0.3) is 0 Å². The third-order valence-electron chi connectivity index (χ3n) is 2.30. The summed E-state index contributed by atoms with van der Waals surface area (Å²) in [5.41, 5.74) is 0. The lowest BCUT2D eigenvalue weighted by Crippen LogP contribution is -2.45. The van der Waals surface area contributed by atoms with Gasteiger partial charge in [-0.05, 0) is 6.42 Å². The Morgan fingerprint density at radius 2 is 2.31 bits per heavy atom. The Morgan fingerprint density at radius 1 is 1.69 bits per heavy atom. The standard InChI is InChI=1S/C8H13NO4/c1-5-3-6(4-13-7(5)10)9(2)8(11)12/h5-6H,3-4H2,1-2H3,(H,11,12)/t5-,6+/m0/s1. The number of likely N-dealkylation sites (N-methyl/N-ethyl adjacent to an activating group) is 1. The Kier molecular flexibility index (Phi) is 2.75. The van der Waals surface area contributed by atoms with Crippen molar-refractivity contribution in [2.45, 2.75) is 19.4 Å². The van der Waals surface area contributed by atoms with Crippen LogP contribution in [0, 0.1) is 5.92 Å². The van der Waals surface area contributed by atoms with Gasteiger partial charge in [-0.15, -0.1) is 0 Å². The summed E-state index contributed by atoms with van der Waals surface area (Å²) in [5, 5.41) is 8.67. The maximum absolute atomic E-state index is 10.9. The van der Waals surface area contributed by atoms with Gasteiger partial charge in [0.15, 0.2) is 0 Å². The molecule has 0 spiro atoms. The summed E-state index contributed by atoms with van der Waals surface area (Å²) in [6.45, 7) is 1.91. The molecule has 0 aromatic carbocycles. The quantitative estimate of drug-likeness (QED) is 0.608. The first kappa shape index (κ1) is 9.83. The molecule has 5 heteroatoms. The minimum absolute atomic E-state index is 0.173. The summed E-state index contributed by atoms with van der Waals surface area (Å²) >= 11 is 0. The number of esters is 1. The van der Waals surface area contributed by atoms with E-state index in [-0.39, 0.29) is 24.5 Å². The molecular formula is C8H13NO4. The topological polar surface area (TPSA) is 66.8 Å². The molecule has 0 unspecified atom stereocenters. The smallest absolute Gasteiger partial charge is 0.407 e. The lowest BCUT2D eigenvalue weighted by atomic mass is 9.99. The van der Waals surface area contributed by atoms with E-state index in [1.165, 1.54) is 11.9 Å². The zero-order valence-electron chi connectivity index (χ0n) is 7.69. The third-order valence-corrected chi connectivity index (χ3v) is 2.30. The van der Waals surface area contributed by atoms with E-state index in [1.807, 2.05) is 0 Å². The molecule has 0 aliphatic carbocycles. The molecular weight excluding hydrogens is 174 g/mol. The largest absolute Gasteiger partial charge is 0.465 e. The van der Waals surface area contributed by atoms with E-state index in [0.717, 1.165) is 0 Å². The average Bonchev–Trinajstić information content (AvgIpc) is 2.08. The second-order valence-electron chi connectivity index (χ2n) is 3.31. The molecule has 1 aliphatic heterocycles. The Labute approximate surface area is 76.3 Å². The van der Waals surface area contributed by atoms with Gasteiger partial charge in [0.1, 0.15) is 6.61 Å². The van der Waals surface area contributed by atoms with Gasteiger partial charge in [0, 0.05) is 7.05 Å². The van der Waals surface area contributed by atoms with Crippen LogP contribution in [-0.4, -0.2) is 41.8 Å². The molecule has 0 aromatic rings. The zero-order valence-corrected chi connectivity index (χ0v) is 7.69. The van der Waals surface area contributed by atoms with Crippen LogP contribution < -0.4 is 0 Å². The molecule has 1 rings (SSSR count). The van der Waals surface area contributed by atoms with E-state index in [4.69, 9.17) is 9.84 Å². The molecule has 1 heterocycles. The summed E-state index contributed by atoms with van der Waals surface area (Å²) < 4.78 is 4.83. The first-order chi connectivity index (χ1) is 6.02. The first-order valence-corrected chi connectivity index (χ1v) is 4.14. The maximum Gasteiger partial charge on any atom is 0.407 e.